The summed E-state index contributed by atoms with van der Waals surface area (Å²) >= 11 is 5.70. The molecule has 0 saturated carbocycles. The third-order valence-electron chi connectivity index (χ3n) is 3.28. The predicted octanol–water partition coefficient (Wildman–Crippen LogP) is 4.08. The van der Waals surface area contributed by atoms with Crippen molar-refractivity contribution in [3.05, 3.63) is 35.9 Å². The third kappa shape index (κ3) is 3.73. The standard InChI is InChI=1S/C14H19BrOS/c1-11-14(7-8-16-11)17-10-13(9-15)12-5-3-2-4-6-12/h2-6,11,13-14H,7-10H2,1H3. The molecule has 1 nitrogen and oxygen atoms in total. The van der Waals surface area contributed by atoms with Crippen LogP contribution in [0, 0.1) is 0 Å². The van der Waals surface area contributed by atoms with Gasteiger partial charge in [0.05, 0.1) is 6.10 Å². The lowest BCUT2D eigenvalue weighted by molar-refractivity contribution is 0.127. The van der Waals surface area contributed by atoms with Crippen LogP contribution >= 0.6 is 27.7 Å². The van der Waals surface area contributed by atoms with E-state index in [1.165, 1.54) is 17.7 Å². The van der Waals surface area contributed by atoms with Crippen molar-refractivity contribution in [3.8, 4) is 0 Å². The highest BCUT2D eigenvalue weighted by molar-refractivity contribution is 9.09. The molecule has 1 aromatic rings. The quantitative estimate of drug-likeness (QED) is 0.757. The summed E-state index contributed by atoms with van der Waals surface area (Å²) < 4.78 is 5.60. The third-order valence-corrected chi connectivity index (χ3v) is 5.70. The van der Waals surface area contributed by atoms with Crippen LogP contribution in [0.25, 0.3) is 0 Å². The van der Waals surface area contributed by atoms with Crippen LogP contribution < -0.4 is 0 Å². The average molecular weight is 315 g/mol. The highest BCUT2D eigenvalue weighted by Gasteiger charge is 2.25. The Morgan fingerprint density at radius 3 is 2.76 bits per heavy atom. The fraction of sp³-hybridized carbons (Fsp3) is 0.571. The molecule has 3 heteroatoms. The number of rotatable bonds is 5. The van der Waals surface area contributed by atoms with Gasteiger partial charge in [-0.05, 0) is 18.9 Å². The number of hydrogen-bond donors (Lipinski definition) is 0. The molecule has 0 bridgehead atoms. The first kappa shape index (κ1) is 13.4. The van der Waals surface area contributed by atoms with Crippen molar-refractivity contribution >= 4 is 27.7 Å². The van der Waals surface area contributed by atoms with Gasteiger partial charge in [0.15, 0.2) is 0 Å². The summed E-state index contributed by atoms with van der Waals surface area (Å²) in [4.78, 5) is 0. The van der Waals surface area contributed by atoms with Gasteiger partial charge < -0.3 is 4.74 Å². The number of thioether (sulfide) groups is 1. The van der Waals surface area contributed by atoms with Crippen LogP contribution in [0.4, 0.5) is 0 Å². The Labute approximate surface area is 116 Å². The van der Waals surface area contributed by atoms with Gasteiger partial charge in [-0.25, -0.2) is 0 Å². The summed E-state index contributed by atoms with van der Waals surface area (Å²) in [7, 11) is 0. The molecule has 0 aromatic heterocycles. The lowest BCUT2D eigenvalue weighted by atomic mass is 10.0. The molecule has 1 aromatic carbocycles. The smallest absolute Gasteiger partial charge is 0.0666 e. The lowest BCUT2D eigenvalue weighted by Gasteiger charge is -2.18. The first-order chi connectivity index (χ1) is 8.31. The summed E-state index contributed by atoms with van der Waals surface area (Å²) in [5.41, 5.74) is 1.43. The summed E-state index contributed by atoms with van der Waals surface area (Å²) in [6.07, 6.45) is 1.63. The van der Waals surface area contributed by atoms with Crippen LogP contribution in [0.2, 0.25) is 0 Å². The molecule has 0 aliphatic carbocycles. The topological polar surface area (TPSA) is 9.23 Å². The fourth-order valence-electron chi connectivity index (χ4n) is 2.13. The van der Waals surface area contributed by atoms with E-state index >= 15 is 0 Å². The van der Waals surface area contributed by atoms with Crippen molar-refractivity contribution in [3.63, 3.8) is 0 Å². The molecule has 0 N–H and O–H groups in total. The Morgan fingerprint density at radius 2 is 2.18 bits per heavy atom. The Kier molecular flexibility index (Phi) is 5.39. The van der Waals surface area contributed by atoms with E-state index in [1.807, 2.05) is 0 Å². The highest BCUT2D eigenvalue weighted by Crippen LogP contribution is 2.31. The van der Waals surface area contributed by atoms with Crippen molar-refractivity contribution in [1.29, 1.82) is 0 Å². The van der Waals surface area contributed by atoms with E-state index in [9.17, 15) is 0 Å². The van der Waals surface area contributed by atoms with E-state index < -0.39 is 0 Å². The fourth-order valence-corrected chi connectivity index (χ4v) is 4.43. The second-order valence-corrected chi connectivity index (χ2v) is 6.42. The van der Waals surface area contributed by atoms with E-state index in [4.69, 9.17) is 4.74 Å². The van der Waals surface area contributed by atoms with Gasteiger partial charge in [0.1, 0.15) is 0 Å². The molecule has 2 rings (SSSR count). The van der Waals surface area contributed by atoms with Crippen molar-refractivity contribution in [2.24, 2.45) is 0 Å². The van der Waals surface area contributed by atoms with E-state index in [2.05, 4.69) is 64.9 Å². The van der Waals surface area contributed by atoms with Crippen LogP contribution in [0.3, 0.4) is 0 Å². The zero-order chi connectivity index (χ0) is 12.1. The second-order valence-electron chi connectivity index (χ2n) is 4.50. The van der Waals surface area contributed by atoms with Crippen molar-refractivity contribution < 1.29 is 4.74 Å². The van der Waals surface area contributed by atoms with Gasteiger partial charge >= 0.3 is 0 Å². The minimum atomic E-state index is 0.423. The molecular formula is C14H19BrOS. The molecular weight excluding hydrogens is 296 g/mol. The Balaban J connectivity index is 1.88. The lowest BCUT2D eigenvalue weighted by Crippen LogP contribution is -2.16. The van der Waals surface area contributed by atoms with Crippen LogP contribution in [0.5, 0.6) is 0 Å². The number of alkyl halides is 1. The van der Waals surface area contributed by atoms with Crippen molar-refractivity contribution in [2.45, 2.75) is 30.6 Å². The maximum atomic E-state index is 5.60. The van der Waals surface area contributed by atoms with Crippen LogP contribution in [0.15, 0.2) is 30.3 Å². The number of halogens is 1. The molecule has 1 saturated heterocycles. The Bertz CT molecular complexity index is 330. The van der Waals surface area contributed by atoms with Crippen LogP contribution in [-0.2, 0) is 4.74 Å². The zero-order valence-corrected chi connectivity index (χ0v) is 12.5. The first-order valence-corrected chi connectivity index (χ1v) is 8.32. The molecule has 0 spiro atoms. The molecule has 1 aliphatic rings. The van der Waals surface area contributed by atoms with Gasteiger partial charge in [0, 0.05) is 28.9 Å². The van der Waals surface area contributed by atoms with E-state index in [0.717, 1.165) is 11.9 Å². The summed E-state index contributed by atoms with van der Waals surface area (Å²) in [6, 6.07) is 10.8. The largest absolute Gasteiger partial charge is 0.377 e. The average Bonchev–Trinajstić information content (AvgIpc) is 2.77. The van der Waals surface area contributed by atoms with Crippen LogP contribution in [-0.4, -0.2) is 29.0 Å². The maximum Gasteiger partial charge on any atom is 0.0666 e. The highest BCUT2D eigenvalue weighted by atomic mass is 79.9. The van der Waals surface area contributed by atoms with Crippen molar-refractivity contribution in [2.75, 3.05) is 17.7 Å². The maximum absolute atomic E-state index is 5.60. The van der Waals surface area contributed by atoms with Crippen molar-refractivity contribution in [1.82, 2.24) is 0 Å². The minimum Gasteiger partial charge on any atom is -0.377 e. The molecule has 1 aliphatic heterocycles. The molecule has 1 fully saturated rings. The molecule has 3 unspecified atom stereocenters. The zero-order valence-electron chi connectivity index (χ0n) is 10.1. The van der Waals surface area contributed by atoms with Gasteiger partial charge in [0.25, 0.3) is 0 Å². The second kappa shape index (κ2) is 6.81. The van der Waals surface area contributed by atoms with Gasteiger partial charge in [0.2, 0.25) is 0 Å². The van der Waals surface area contributed by atoms with Gasteiger partial charge in [-0.2, -0.15) is 11.8 Å². The van der Waals surface area contributed by atoms with E-state index in [1.54, 1.807) is 0 Å². The predicted molar refractivity (Wildman–Crippen MR) is 79.3 cm³/mol. The van der Waals surface area contributed by atoms with Gasteiger partial charge in [-0.15, -0.1) is 0 Å². The molecule has 94 valence electrons. The number of ether oxygens (including phenoxy) is 1. The molecule has 17 heavy (non-hydrogen) atoms. The number of hydrogen-bond acceptors (Lipinski definition) is 2. The van der Waals surface area contributed by atoms with Crippen LogP contribution in [0.1, 0.15) is 24.8 Å². The van der Waals surface area contributed by atoms with E-state index in [0.29, 0.717) is 17.3 Å². The monoisotopic (exact) mass is 314 g/mol. The Hall–Kier alpha value is 0.0100. The SMILES string of the molecule is CC1OCCC1SCC(CBr)c1ccccc1. The summed E-state index contributed by atoms with van der Waals surface area (Å²) in [6.45, 7) is 3.12. The molecule has 3 atom stereocenters. The minimum absolute atomic E-state index is 0.423. The molecule has 1 heterocycles. The summed E-state index contributed by atoms with van der Waals surface area (Å²) in [5, 5.41) is 1.71. The van der Waals surface area contributed by atoms with E-state index in [-0.39, 0.29) is 0 Å². The normalized spacial score (nSPS) is 26.0. The molecule has 0 radical (unpaired) electrons. The number of benzene rings is 1. The van der Waals surface area contributed by atoms with Gasteiger partial charge in [-0.1, -0.05) is 46.3 Å². The molecule has 0 amide bonds. The summed E-state index contributed by atoms with van der Waals surface area (Å²) in [5.74, 6) is 1.78. The van der Waals surface area contributed by atoms with Gasteiger partial charge in [-0.3, -0.25) is 0 Å². The first-order valence-electron chi connectivity index (χ1n) is 6.15. The Morgan fingerprint density at radius 1 is 1.41 bits per heavy atom.